The molecule has 1 amide bonds. The summed E-state index contributed by atoms with van der Waals surface area (Å²) in [4.78, 5) is 24.2. The van der Waals surface area contributed by atoms with Crippen LogP contribution < -0.4 is 5.32 Å². The monoisotopic (exact) mass is 253 g/mol. The summed E-state index contributed by atoms with van der Waals surface area (Å²) in [5.74, 6) is -0.719. The van der Waals surface area contributed by atoms with Crippen LogP contribution in [-0.4, -0.2) is 24.5 Å². The number of hydrogen-bond donors (Lipinski definition) is 1. The van der Waals surface area contributed by atoms with Gasteiger partial charge < -0.3 is 10.1 Å². The van der Waals surface area contributed by atoms with Gasteiger partial charge in [0.25, 0.3) is 0 Å². The van der Waals surface area contributed by atoms with E-state index in [0.717, 1.165) is 12.8 Å². The van der Waals surface area contributed by atoms with Crippen molar-refractivity contribution < 1.29 is 14.3 Å². The van der Waals surface area contributed by atoms with Crippen molar-refractivity contribution in [1.82, 2.24) is 5.32 Å². The zero-order valence-corrected chi connectivity index (χ0v) is 11.5. The zero-order valence-electron chi connectivity index (χ0n) is 11.5. The number of ether oxygens (including phenoxy) is 1. The normalized spacial score (nSPS) is 25.7. The molecule has 1 saturated carbocycles. The molecule has 1 fully saturated rings. The van der Waals surface area contributed by atoms with Gasteiger partial charge >= 0.3 is 5.97 Å². The first-order valence-corrected chi connectivity index (χ1v) is 6.67. The summed E-state index contributed by atoms with van der Waals surface area (Å²) in [5, 5.41) is 2.94. The largest absolute Gasteiger partial charge is 0.465 e. The van der Waals surface area contributed by atoms with Crippen molar-refractivity contribution in [1.29, 1.82) is 0 Å². The van der Waals surface area contributed by atoms with Crippen LogP contribution in [0.5, 0.6) is 0 Å². The van der Waals surface area contributed by atoms with Crippen molar-refractivity contribution in [2.75, 3.05) is 6.61 Å². The highest BCUT2D eigenvalue weighted by Crippen LogP contribution is 2.54. The number of carbonyl (C=O) groups excluding carboxylic acids is 2. The maximum Gasteiger partial charge on any atom is 0.322 e. The van der Waals surface area contributed by atoms with Crippen LogP contribution in [0.3, 0.4) is 0 Å². The quantitative estimate of drug-likeness (QED) is 0.429. The molecule has 1 N–H and O–H groups in total. The van der Waals surface area contributed by atoms with Crippen LogP contribution in [0.15, 0.2) is 12.7 Å². The molecular formula is C14H23NO3. The van der Waals surface area contributed by atoms with Crippen molar-refractivity contribution in [2.45, 2.75) is 46.1 Å². The van der Waals surface area contributed by atoms with Gasteiger partial charge in [-0.15, -0.1) is 6.58 Å². The standard InChI is InChI=1S/C14H23NO3/c1-5-10-9-14(10,13(17)18-8-4)12(16)15-11(6-2)7-3/h5,10-11H,1,6-9H2,2-4H3,(H,15,16). The topological polar surface area (TPSA) is 55.4 Å². The van der Waals surface area contributed by atoms with Crippen molar-refractivity contribution in [3.63, 3.8) is 0 Å². The van der Waals surface area contributed by atoms with Crippen LogP contribution in [0.25, 0.3) is 0 Å². The molecule has 0 aromatic carbocycles. The maximum absolute atomic E-state index is 12.3. The van der Waals surface area contributed by atoms with E-state index in [4.69, 9.17) is 4.74 Å². The lowest BCUT2D eigenvalue weighted by atomic mass is 10.0. The van der Waals surface area contributed by atoms with Gasteiger partial charge in [-0.05, 0) is 26.2 Å². The van der Waals surface area contributed by atoms with E-state index in [9.17, 15) is 9.59 Å². The Labute approximate surface area is 109 Å². The molecule has 1 rings (SSSR count). The highest BCUT2D eigenvalue weighted by atomic mass is 16.5. The predicted molar refractivity (Wildman–Crippen MR) is 69.9 cm³/mol. The Morgan fingerprint density at radius 3 is 2.44 bits per heavy atom. The fourth-order valence-electron chi connectivity index (χ4n) is 2.23. The van der Waals surface area contributed by atoms with Gasteiger partial charge in [-0.2, -0.15) is 0 Å². The second-order valence-corrected chi connectivity index (χ2v) is 4.73. The second-order valence-electron chi connectivity index (χ2n) is 4.73. The summed E-state index contributed by atoms with van der Waals surface area (Å²) >= 11 is 0. The minimum absolute atomic E-state index is 0.0917. The molecule has 2 unspecified atom stereocenters. The van der Waals surface area contributed by atoms with E-state index < -0.39 is 11.4 Å². The molecule has 102 valence electrons. The van der Waals surface area contributed by atoms with Gasteiger partial charge in [-0.25, -0.2) is 0 Å². The fraction of sp³-hybridized carbons (Fsp3) is 0.714. The molecule has 0 aromatic heterocycles. The minimum Gasteiger partial charge on any atom is -0.465 e. The van der Waals surface area contributed by atoms with E-state index >= 15 is 0 Å². The van der Waals surface area contributed by atoms with Gasteiger partial charge in [0.2, 0.25) is 5.91 Å². The van der Waals surface area contributed by atoms with Gasteiger partial charge in [-0.1, -0.05) is 19.9 Å². The fourth-order valence-corrected chi connectivity index (χ4v) is 2.23. The summed E-state index contributed by atoms with van der Waals surface area (Å²) < 4.78 is 5.02. The molecule has 1 aliphatic carbocycles. The van der Waals surface area contributed by atoms with Gasteiger partial charge in [0.1, 0.15) is 0 Å². The first-order valence-electron chi connectivity index (χ1n) is 6.67. The van der Waals surface area contributed by atoms with Crippen LogP contribution >= 0.6 is 0 Å². The summed E-state index contributed by atoms with van der Waals surface area (Å²) in [6.07, 6.45) is 3.91. The molecule has 1 aliphatic rings. The van der Waals surface area contributed by atoms with E-state index in [0.29, 0.717) is 13.0 Å². The average Bonchev–Trinajstić information content (AvgIpc) is 3.11. The van der Waals surface area contributed by atoms with Crippen molar-refractivity contribution in [3.8, 4) is 0 Å². The predicted octanol–water partition coefficient (Wildman–Crippen LogP) is 2.05. The molecular weight excluding hydrogens is 230 g/mol. The van der Waals surface area contributed by atoms with Crippen molar-refractivity contribution in [3.05, 3.63) is 12.7 Å². The molecule has 0 spiro atoms. The number of rotatable bonds is 7. The van der Waals surface area contributed by atoms with Crippen LogP contribution in [0, 0.1) is 11.3 Å². The summed E-state index contributed by atoms with van der Waals surface area (Å²) in [6.45, 7) is 9.75. The van der Waals surface area contributed by atoms with E-state index in [1.54, 1.807) is 13.0 Å². The third kappa shape index (κ3) is 2.57. The van der Waals surface area contributed by atoms with Crippen molar-refractivity contribution in [2.24, 2.45) is 11.3 Å². The molecule has 4 heteroatoms. The Hall–Kier alpha value is -1.32. The Bertz CT molecular complexity index is 336. The number of carbonyl (C=O) groups is 2. The minimum atomic E-state index is -1.01. The van der Waals surface area contributed by atoms with Gasteiger partial charge in [0.05, 0.1) is 6.61 Å². The lowest BCUT2D eigenvalue weighted by Crippen LogP contribution is -2.44. The number of nitrogens with one attached hydrogen (secondary N) is 1. The van der Waals surface area contributed by atoms with Gasteiger partial charge in [0.15, 0.2) is 5.41 Å². The molecule has 0 heterocycles. The molecule has 4 nitrogen and oxygen atoms in total. The third-order valence-corrected chi connectivity index (χ3v) is 3.66. The third-order valence-electron chi connectivity index (χ3n) is 3.66. The SMILES string of the molecule is C=CC1CC1(C(=O)NC(CC)CC)C(=O)OCC. The highest BCUT2D eigenvalue weighted by molar-refractivity contribution is 6.06. The number of amides is 1. The molecule has 0 aromatic rings. The van der Waals surface area contributed by atoms with Crippen LogP contribution in [0.1, 0.15) is 40.0 Å². The van der Waals surface area contributed by atoms with Gasteiger partial charge in [-0.3, -0.25) is 9.59 Å². The van der Waals surface area contributed by atoms with E-state index in [2.05, 4.69) is 11.9 Å². The molecule has 0 radical (unpaired) electrons. The summed E-state index contributed by atoms with van der Waals surface area (Å²) in [5.41, 5.74) is -1.01. The smallest absolute Gasteiger partial charge is 0.322 e. The Kier molecular flexibility index (Phi) is 4.93. The van der Waals surface area contributed by atoms with Crippen molar-refractivity contribution >= 4 is 11.9 Å². The molecule has 0 bridgehead atoms. The zero-order chi connectivity index (χ0) is 13.8. The molecule has 2 atom stereocenters. The van der Waals surface area contributed by atoms with E-state index in [1.807, 2.05) is 13.8 Å². The lowest BCUT2D eigenvalue weighted by molar-refractivity contribution is -0.155. The number of allylic oxidation sites excluding steroid dienone is 1. The van der Waals surface area contributed by atoms with E-state index in [-0.39, 0.29) is 17.9 Å². The highest BCUT2D eigenvalue weighted by Gasteiger charge is 2.65. The number of esters is 1. The number of hydrogen-bond acceptors (Lipinski definition) is 3. The molecule has 18 heavy (non-hydrogen) atoms. The second kappa shape index (κ2) is 6.03. The Morgan fingerprint density at radius 1 is 1.44 bits per heavy atom. The molecule has 0 saturated heterocycles. The van der Waals surface area contributed by atoms with E-state index in [1.165, 1.54) is 0 Å². The Balaban J connectivity index is 2.77. The van der Waals surface area contributed by atoms with Crippen LogP contribution in [0.4, 0.5) is 0 Å². The van der Waals surface area contributed by atoms with Crippen LogP contribution in [0.2, 0.25) is 0 Å². The first kappa shape index (κ1) is 14.7. The lowest BCUT2D eigenvalue weighted by Gasteiger charge is -2.20. The molecule has 0 aliphatic heterocycles. The summed E-state index contributed by atoms with van der Waals surface area (Å²) in [6, 6.07) is 0.120. The van der Waals surface area contributed by atoms with Crippen LogP contribution in [-0.2, 0) is 14.3 Å². The first-order chi connectivity index (χ1) is 8.56. The average molecular weight is 253 g/mol. The summed E-state index contributed by atoms with van der Waals surface area (Å²) in [7, 11) is 0. The van der Waals surface area contributed by atoms with Gasteiger partial charge in [0, 0.05) is 12.0 Å². The maximum atomic E-state index is 12.3. The Morgan fingerprint density at radius 2 is 2.06 bits per heavy atom.